The summed E-state index contributed by atoms with van der Waals surface area (Å²) in [4.78, 5) is 12.1. The van der Waals surface area contributed by atoms with Gasteiger partial charge in [-0.2, -0.15) is 0 Å². The molecule has 1 aliphatic heterocycles. The Labute approximate surface area is 136 Å². The van der Waals surface area contributed by atoms with Gasteiger partial charge in [-0.05, 0) is 31.5 Å². The van der Waals surface area contributed by atoms with Crippen molar-refractivity contribution in [2.75, 3.05) is 6.79 Å². The number of carbonyl (C=O) groups excluding carboxylic acids is 1. The van der Waals surface area contributed by atoms with Crippen molar-refractivity contribution >= 4 is 29.0 Å². The molecule has 1 amide bonds. The van der Waals surface area contributed by atoms with Gasteiger partial charge >= 0.3 is 0 Å². The monoisotopic (exact) mass is 337 g/mol. The number of rotatable bonds is 5. The highest BCUT2D eigenvalue weighted by atomic mass is 32.2. The molecule has 1 aliphatic rings. The van der Waals surface area contributed by atoms with E-state index in [0.29, 0.717) is 6.54 Å². The maximum atomic E-state index is 12.1. The number of nitrogens with zero attached hydrogens (tertiary/aromatic N) is 2. The zero-order valence-electron chi connectivity index (χ0n) is 12.2. The molecule has 1 N–H and O–H groups in total. The summed E-state index contributed by atoms with van der Waals surface area (Å²) in [5.74, 6) is 1.43. The number of nitrogens with one attached hydrogen (secondary N) is 1. The number of hydrogen-bond acceptors (Lipinski definition) is 7. The molecule has 3 rings (SSSR count). The van der Waals surface area contributed by atoms with Crippen molar-refractivity contribution in [3.63, 3.8) is 0 Å². The quantitative estimate of drug-likeness (QED) is 0.845. The second-order valence-corrected chi connectivity index (χ2v) is 7.52. The molecule has 0 saturated heterocycles. The van der Waals surface area contributed by atoms with Crippen LogP contribution in [-0.2, 0) is 11.3 Å². The molecule has 22 heavy (non-hydrogen) atoms. The second-order valence-electron chi connectivity index (χ2n) is 4.75. The van der Waals surface area contributed by atoms with Crippen LogP contribution in [0.15, 0.2) is 22.5 Å². The van der Waals surface area contributed by atoms with Gasteiger partial charge in [-0.1, -0.05) is 29.2 Å². The Morgan fingerprint density at radius 3 is 3.00 bits per heavy atom. The third kappa shape index (κ3) is 3.50. The van der Waals surface area contributed by atoms with Crippen molar-refractivity contribution in [1.82, 2.24) is 15.5 Å². The summed E-state index contributed by atoms with van der Waals surface area (Å²) in [5.41, 5.74) is 0.974. The van der Waals surface area contributed by atoms with Crippen LogP contribution in [0.25, 0.3) is 0 Å². The minimum Gasteiger partial charge on any atom is -0.454 e. The van der Waals surface area contributed by atoms with Crippen molar-refractivity contribution in [1.29, 1.82) is 0 Å². The van der Waals surface area contributed by atoms with E-state index in [1.807, 2.05) is 32.0 Å². The molecule has 1 aromatic carbocycles. The molecule has 8 heteroatoms. The van der Waals surface area contributed by atoms with Crippen LogP contribution in [0.5, 0.6) is 11.5 Å². The smallest absolute Gasteiger partial charge is 0.233 e. The van der Waals surface area contributed by atoms with Crippen LogP contribution in [0, 0.1) is 6.92 Å². The average Bonchev–Trinajstić information content (AvgIpc) is 3.12. The topological polar surface area (TPSA) is 73.3 Å². The van der Waals surface area contributed by atoms with Crippen LogP contribution >= 0.6 is 23.1 Å². The maximum Gasteiger partial charge on any atom is 0.233 e. The Hall–Kier alpha value is -1.80. The molecule has 6 nitrogen and oxygen atoms in total. The molecule has 0 saturated carbocycles. The summed E-state index contributed by atoms with van der Waals surface area (Å²) in [6.45, 7) is 4.46. The number of aromatic nitrogens is 2. The van der Waals surface area contributed by atoms with Crippen LogP contribution in [0.2, 0.25) is 0 Å². The van der Waals surface area contributed by atoms with Gasteiger partial charge < -0.3 is 14.8 Å². The highest BCUT2D eigenvalue weighted by molar-refractivity contribution is 8.02. The zero-order chi connectivity index (χ0) is 15.5. The van der Waals surface area contributed by atoms with Crippen LogP contribution < -0.4 is 14.8 Å². The van der Waals surface area contributed by atoms with Gasteiger partial charge in [0, 0.05) is 6.54 Å². The van der Waals surface area contributed by atoms with E-state index in [1.165, 1.54) is 23.1 Å². The van der Waals surface area contributed by atoms with Gasteiger partial charge in [0.05, 0.1) is 5.25 Å². The first-order valence-electron chi connectivity index (χ1n) is 6.75. The minimum absolute atomic E-state index is 0.0319. The van der Waals surface area contributed by atoms with E-state index < -0.39 is 0 Å². The summed E-state index contributed by atoms with van der Waals surface area (Å²) >= 11 is 2.91. The Balaban J connectivity index is 1.53. The number of benzene rings is 1. The number of ether oxygens (including phenoxy) is 2. The van der Waals surface area contributed by atoms with Gasteiger partial charge in [0.25, 0.3) is 0 Å². The third-order valence-electron chi connectivity index (χ3n) is 3.06. The van der Waals surface area contributed by atoms with Crippen molar-refractivity contribution < 1.29 is 14.3 Å². The van der Waals surface area contributed by atoms with Gasteiger partial charge in [0.15, 0.2) is 15.8 Å². The SMILES string of the molecule is Cc1nnc(SC(C)C(=O)NCc2ccc3c(c2)OCO3)s1. The van der Waals surface area contributed by atoms with Crippen molar-refractivity contribution in [3.05, 3.63) is 28.8 Å². The summed E-state index contributed by atoms with van der Waals surface area (Å²) in [7, 11) is 0. The number of carbonyl (C=O) groups is 1. The molecule has 0 bridgehead atoms. The van der Waals surface area contributed by atoms with Gasteiger partial charge in [0.2, 0.25) is 12.7 Å². The summed E-state index contributed by atoms with van der Waals surface area (Å²) in [5, 5.41) is 11.6. The van der Waals surface area contributed by atoms with E-state index in [9.17, 15) is 4.79 Å². The first-order chi connectivity index (χ1) is 10.6. The third-order valence-corrected chi connectivity index (χ3v) is 5.08. The summed E-state index contributed by atoms with van der Waals surface area (Å²) < 4.78 is 11.4. The molecule has 0 radical (unpaired) electrons. The molecular weight excluding hydrogens is 322 g/mol. The minimum atomic E-state index is -0.221. The number of thioether (sulfide) groups is 1. The van der Waals surface area contributed by atoms with Crippen LogP contribution in [0.4, 0.5) is 0 Å². The van der Waals surface area contributed by atoms with Crippen molar-refractivity contribution in [3.8, 4) is 11.5 Å². The predicted octanol–water partition coefficient (Wildman–Crippen LogP) is 2.37. The molecule has 0 aliphatic carbocycles. The maximum absolute atomic E-state index is 12.1. The Kier molecular flexibility index (Phi) is 4.49. The highest BCUT2D eigenvalue weighted by Crippen LogP contribution is 2.32. The largest absolute Gasteiger partial charge is 0.454 e. The molecule has 2 heterocycles. The van der Waals surface area contributed by atoms with E-state index in [-0.39, 0.29) is 18.0 Å². The highest BCUT2D eigenvalue weighted by Gasteiger charge is 2.17. The second kappa shape index (κ2) is 6.53. The predicted molar refractivity (Wildman–Crippen MR) is 84.4 cm³/mol. The van der Waals surface area contributed by atoms with Gasteiger partial charge in [-0.15, -0.1) is 10.2 Å². The average molecular weight is 337 g/mol. The number of hydrogen-bond donors (Lipinski definition) is 1. The Morgan fingerprint density at radius 2 is 2.23 bits per heavy atom. The fourth-order valence-electron chi connectivity index (χ4n) is 1.91. The first kappa shape index (κ1) is 15.1. The van der Waals surface area contributed by atoms with Gasteiger partial charge in [-0.3, -0.25) is 4.79 Å². The van der Waals surface area contributed by atoms with Crippen LogP contribution in [0.3, 0.4) is 0 Å². The van der Waals surface area contributed by atoms with Crippen LogP contribution in [-0.4, -0.2) is 28.1 Å². The van der Waals surface area contributed by atoms with E-state index in [1.54, 1.807) is 0 Å². The molecule has 1 unspecified atom stereocenters. The normalized spacial score (nSPS) is 13.9. The van der Waals surface area contributed by atoms with Gasteiger partial charge in [0.1, 0.15) is 5.01 Å². The fourth-order valence-corrected chi connectivity index (χ4v) is 3.90. The Bertz CT molecular complexity index is 690. The number of amides is 1. The molecule has 0 fully saturated rings. The molecule has 1 atom stereocenters. The van der Waals surface area contributed by atoms with E-state index in [4.69, 9.17) is 9.47 Å². The molecule has 2 aromatic rings. The zero-order valence-corrected chi connectivity index (χ0v) is 13.8. The lowest BCUT2D eigenvalue weighted by molar-refractivity contribution is -0.120. The molecule has 1 aromatic heterocycles. The van der Waals surface area contributed by atoms with Crippen molar-refractivity contribution in [2.24, 2.45) is 0 Å². The lowest BCUT2D eigenvalue weighted by Crippen LogP contribution is -2.30. The van der Waals surface area contributed by atoms with Crippen LogP contribution in [0.1, 0.15) is 17.5 Å². The lowest BCUT2D eigenvalue weighted by Gasteiger charge is -2.10. The number of fused-ring (bicyclic) bond motifs is 1. The Morgan fingerprint density at radius 1 is 1.41 bits per heavy atom. The number of aryl methyl sites for hydroxylation is 1. The lowest BCUT2D eigenvalue weighted by atomic mass is 10.2. The standard InChI is InChI=1S/C14H15N3O3S2/c1-8(21-14-17-16-9(2)22-14)13(18)15-6-10-3-4-11-12(5-10)20-7-19-11/h3-5,8H,6-7H2,1-2H3,(H,15,18). The fraction of sp³-hybridized carbons (Fsp3) is 0.357. The van der Waals surface area contributed by atoms with E-state index in [0.717, 1.165) is 26.4 Å². The summed E-state index contributed by atoms with van der Waals surface area (Å²) in [6, 6.07) is 5.65. The van der Waals surface area contributed by atoms with E-state index in [2.05, 4.69) is 15.5 Å². The van der Waals surface area contributed by atoms with Crippen molar-refractivity contribution in [2.45, 2.75) is 30.0 Å². The summed E-state index contributed by atoms with van der Waals surface area (Å²) in [6.07, 6.45) is 0. The van der Waals surface area contributed by atoms with E-state index >= 15 is 0 Å². The molecule has 0 spiro atoms. The molecular formula is C14H15N3O3S2. The first-order valence-corrected chi connectivity index (χ1v) is 8.44. The van der Waals surface area contributed by atoms with Gasteiger partial charge in [-0.25, -0.2) is 0 Å². The molecule has 116 valence electrons.